The third-order valence-corrected chi connectivity index (χ3v) is 5.84. The third kappa shape index (κ3) is 5.28. The van der Waals surface area contributed by atoms with Crippen LogP contribution in [-0.4, -0.2) is 21.4 Å². The highest BCUT2D eigenvalue weighted by Gasteiger charge is 2.16. The van der Waals surface area contributed by atoms with E-state index in [-0.39, 0.29) is 21.5 Å². The molecule has 0 heterocycles. The molecule has 0 radical (unpaired) electrons. The summed E-state index contributed by atoms with van der Waals surface area (Å²) < 4.78 is 32.4. The first-order chi connectivity index (χ1) is 13.9. The van der Waals surface area contributed by atoms with Gasteiger partial charge in [0.1, 0.15) is 5.75 Å². The van der Waals surface area contributed by atoms with Crippen molar-refractivity contribution in [2.75, 3.05) is 11.8 Å². The quantitative estimate of drug-likeness (QED) is 0.591. The summed E-state index contributed by atoms with van der Waals surface area (Å²) in [5, 5.41) is 2.92. The summed E-state index contributed by atoms with van der Waals surface area (Å²) in [5.41, 5.74) is 1.44. The van der Waals surface area contributed by atoms with Gasteiger partial charge in [-0.1, -0.05) is 41.9 Å². The Morgan fingerprint density at radius 2 is 1.69 bits per heavy atom. The highest BCUT2D eigenvalue weighted by molar-refractivity contribution is 7.92. The Hall–Kier alpha value is -3.03. The van der Waals surface area contributed by atoms with E-state index in [0.717, 1.165) is 11.3 Å². The van der Waals surface area contributed by atoms with Crippen molar-refractivity contribution in [3.05, 3.63) is 88.9 Å². The molecule has 0 atom stereocenters. The molecule has 29 heavy (non-hydrogen) atoms. The fraction of sp³-hybridized carbons (Fsp3) is 0.0952. The first-order valence-electron chi connectivity index (χ1n) is 8.67. The minimum Gasteiger partial charge on any atom is -0.497 e. The molecule has 0 fully saturated rings. The number of halogens is 1. The van der Waals surface area contributed by atoms with Crippen LogP contribution in [0.15, 0.2) is 77.7 Å². The number of hydrogen-bond donors (Lipinski definition) is 2. The van der Waals surface area contributed by atoms with Gasteiger partial charge in [0, 0.05) is 12.1 Å². The fourth-order valence-corrected chi connectivity index (χ4v) is 3.95. The number of nitrogens with one attached hydrogen (secondary N) is 2. The second kappa shape index (κ2) is 8.98. The standard InChI is InChI=1S/C21H19ClN2O4S/c1-28-17-10-7-15(8-11-17)14-23-21(25)16-9-12-20(19(22)13-16)24-29(26,27)18-5-3-2-4-6-18/h2-13,24H,14H2,1H3,(H,23,25). The first-order valence-corrected chi connectivity index (χ1v) is 10.5. The van der Waals surface area contributed by atoms with E-state index >= 15 is 0 Å². The Labute approximate surface area is 174 Å². The Bertz CT molecular complexity index is 1100. The number of hydrogen-bond acceptors (Lipinski definition) is 4. The predicted octanol–water partition coefficient (Wildman–Crippen LogP) is 4.08. The van der Waals surface area contributed by atoms with E-state index in [9.17, 15) is 13.2 Å². The lowest BCUT2D eigenvalue weighted by molar-refractivity contribution is 0.0951. The van der Waals surface area contributed by atoms with E-state index in [2.05, 4.69) is 10.0 Å². The molecule has 3 rings (SSSR count). The summed E-state index contributed by atoms with van der Waals surface area (Å²) in [6.45, 7) is 0.336. The minimum atomic E-state index is -3.77. The monoisotopic (exact) mass is 430 g/mol. The van der Waals surface area contributed by atoms with E-state index in [1.54, 1.807) is 25.3 Å². The number of amides is 1. The maximum Gasteiger partial charge on any atom is 0.261 e. The lowest BCUT2D eigenvalue weighted by atomic mass is 10.1. The predicted molar refractivity (Wildman–Crippen MR) is 113 cm³/mol. The van der Waals surface area contributed by atoms with Crippen LogP contribution < -0.4 is 14.8 Å². The van der Waals surface area contributed by atoms with E-state index in [1.165, 1.54) is 30.3 Å². The maximum atomic E-state index is 12.4. The van der Waals surface area contributed by atoms with Crippen molar-refractivity contribution >= 4 is 33.2 Å². The summed E-state index contributed by atoms with van der Waals surface area (Å²) in [7, 11) is -2.18. The molecule has 8 heteroatoms. The van der Waals surface area contributed by atoms with Crippen LogP contribution in [0.3, 0.4) is 0 Å². The van der Waals surface area contributed by atoms with Gasteiger partial charge in [-0.2, -0.15) is 0 Å². The van der Waals surface area contributed by atoms with Gasteiger partial charge in [0.05, 0.1) is 22.7 Å². The average Bonchev–Trinajstić information content (AvgIpc) is 2.74. The molecular formula is C21H19ClN2O4S. The molecule has 3 aromatic rings. The van der Waals surface area contributed by atoms with Gasteiger partial charge in [-0.25, -0.2) is 8.42 Å². The van der Waals surface area contributed by atoms with Crippen LogP contribution in [-0.2, 0) is 16.6 Å². The van der Waals surface area contributed by atoms with E-state index < -0.39 is 10.0 Å². The third-order valence-electron chi connectivity index (χ3n) is 4.14. The van der Waals surface area contributed by atoms with Gasteiger partial charge in [-0.3, -0.25) is 9.52 Å². The molecule has 0 aliphatic carbocycles. The van der Waals surface area contributed by atoms with Gasteiger partial charge >= 0.3 is 0 Å². The Kier molecular flexibility index (Phi) is 6.41. The fourth-order valence-electron chi connectivity index (χ4n) is 2.57. The highest BCUT2D eigenvalue weighted by atomic mass is 35.5. The second-order valence-electron chi connectivity index (χ2n) is 6.14. The van der Waals surface area contributed by atoms with Crippen molar-refractivity contribution in [1.29, 1.82) is 0 Å². The average molecular weight is 431 g/mol. The lowest BCUT2D eigenvalue weighted by Gasteiger charge is -2.11. The molecular weight excluding hydrogens is 412 g/mol. The van der Waals surface area contributed by atoms with Crippen molar-refractivity contribution in [1.82, 2.24) is 5.32 Å². The zero-order valence-corrected chi connectivity index (χ0v) is 17.1. The van der Waals surface area contributed by atoms with Gasteiger partial charge in [0.2, 0.25) is 0 Å². The maximum absolute atomic E-state index is 12.4. The molecule has 0 saturated carbocycles. The molecule has 0 spiro atoms. The van der Waals surface area contributed by atoms with Crippen molar-refractivity contribution in [3.63, 3.8) is 0 Å². The van der Waals surface area contributed by atoms with E-state index in [0.29, 0.717) is 12.1 Å². The number of carbonyl (C=O) groups is 1. The number of ether oxygens (including phenoxy) is 1. The smallest absolute Gasteiger partial charge is 0.261 e. The first kappa shape index (κ1) is 20.7. The molecule has 1 amide bonds. The molecule has 150 valence electrons. The summed E-state index contributed by atoms with van der Waals surface area (Å²) in [6.07, 6.45) is 0. The second-order valence-corrected chi connectivity index (χ2v) is 8.23. The normalized spacial score (nSPS) is 11.0. The topological polar surface area (TPSA) is 84.5 Å². The van der Waals surface area contributed by atoms with Crippen molar-refractivity contribution in [2.45, 2.75) is 11.4 Å². The summed E-state index contributed by atoms with van der Waals surface area (Å²) in [4.78, 5) is 12.5. The van der Waals surface area contributed by atoms with Gasteiger partial charge < -0.3 is 10.1 Å². The molecule has 0 unspecified atom stereocenters. The number of rotatable bonds is 7. The minimum absolute atomic E-state index is 0.123. The summed E-state index contributed by atoms with van der Waals surface area (Å²) in [5.74, 6) is 0.417. The SMILES string of the molecule is COc1ccc(CNC(=O)c2ccc(NS(=O)(=O)c3ccccc3)c(Cl)c2)cc1. The van der Waals surface area contributed by atoms with E-state index in [1.807, 2.05) is 24.3 Å². The number of benzene rings is 3. The zero-order chi connectivity index (χ0) is 20.9. The van der Waals surface area contributed by atoms with Crippen LogP contribution in [0.25, 0.3) is 0 Å². The van der Waals surface area contributed by atoms with Gasteiger partial charge in [-0.05, 0) is 48.0 Å². The summed E-state index contributed by atoms with van der Waals surface area (Å²) >= 11 is 6.20. The van der Waals surface area contributed by atoms with Crippen molar-refractivity contribution in [2.24, 2.45) is 0 Å². The molecule has 0 bridgehead atoms. The zero-order valence-electron chi connectivity index (χ0n) is 15.6. The van der Waals surface area contributed by atoms with E-state index in [4.69, 9.17) is 16.3 Å². The van der Waals surface area contributed by atoms with Crippen LogP contribution >= 0.6 is 11.6 Å². The molecule has 3 aromatic carbocycles. The number of anilines is 1. The Morgan fingerprint density at radius 1 is 1.00 bits per heavy atom. The van der Waals surface area contributed by atoms with Crippen LogP contribution in [0.5, 0.6) is 5.75 Å². The van der Waals surface area contributed by atoms with Gasteiger partial charge in [0.15, 0.2) is 0 Å². The van der Waals surface area contributed by atoms with Gasteiger partial charge in [-0.15, -0.1) is 0 Å². The molecule has 0 aromatic heterocycles. The Morgan fingerprint density at radius 3 is 2.31 bits per heavy atom. The number of methoxy groups -OCH3 is 1. The van der Waals surface area contributed by atoms with Crippen molar-refractivity contribution in [3.8, 4) is 5.75 Å². The summed E-state index contributed by atoms with van der Waals surface area (Å²) in [6, 6.07) is 19.7. The Balaban J connectivity index is 1.67. The van der Waals surface area contributed by atoms with Gasteiger partial charge in [0.25, 0.3) is 15.9 Å². The molecule has 0 aliphatic heterocycles. The molecule has 2 N–H and O–H groups in total. The van der Waals surface area contributed by atoms with Crippen LogP contribution in [0.2, 0.25) is 5.02 Å². The molecule has 0 aliphatic rings. The van der Waals surface area contributed by atoms with Crippen LogP contribution in [0, 0.1) is 0 Å². The lowest BCUT2D eigenvalue weighted by Crippen LogP contribution is -2.22. The largest absolute Gasteiger partial charge is 0.497 e. The van der Waals surface area contributed by atoms with Crippen LogP contribution in [0.1, 0.15) is 15.9 Å². The molecule has 6 nitrogen and oxygen atoms in total. The highest BCUT2D eigenvalue weighted by Crippen LogP contribution is 2.26. The van der Waals surface area contributed by atoms with Crippen LogP contribution in [0.4, 0.5) is 5.69 Å². The molecule has 0 saturated heterocycles. The number of carbonyl (C=O) groups excluding carboxylic acids is 1. The van der Waals surface area contributed by atoms with Crippen molar-refractivity contribution < 1.29 is 17.9 Å². The number of sulfonamides is 1.